The summed E-state index contributed by atoms with van der Waals surface area (Å²) in [6, 6.07) is 9.20. The number of nitrogens with zero attached hydrogens (tertiary/aromatic N) is 3. The predicted molar refractivity (Wildman–Crippen MR) is 66.7 cm³/mol. The summed E-state index contributed by atoms with van der Waals surface area (Å²) in [5.41, 5.74) is 0. The zero-order valence-corrected chi connectivity index (χ0v) is 10.7. The predicted octanol–water partition coefficient (Wildman–Crippen LogP) is -0.587. The van der Waals surface area contributed by atoms with Crippen molar-refractivity contribution in [2.45, 2.75) is 11.8 Å². The van der Waals surface area contributed by atoms with Crippen LogP contribution in [0.1, 0.15) is 5.82 Å². The zero-order valence-electron chi connectivity index (χ0n) is 9.85. The van der Waals surface area contributed by atoms with Crippen LogP contribution in [-0.2, 0) is 11.4 Å². The van der Waals surface area contributed by atoms with Gasteiger partial charge in [0.2, 0.25) is 5.16 Å². The lowest BCUT2D eigenvalue weighted by molar-refractivity contribution is -0.301. The number of nitrogen functional groups attached to an aromatic ring is 1. The average Bonchev–Trinajstić information content (AvgIpc) is 2.76. The smallest absolute Gasteiger partial charge is 0.210 e. The second kappa shape index (κ2) is 6.10. The van der Waals surface area contributed by atoms with Crippen LogP contribution in [0.4, 0.5) is 0 Å². The van der Waals surface area contributed by atoms with Crippen molar-refractivity contribution in [3.8, 4) is 5.75 Å². The number of carbonyl (C=O) groups is 1. The molecule has 1 aromatic carbocycles. The van der Waals surface area contributed by atoms with Gasteiger partial charge < -0.3 is 20.5 Å². The van der Waals surface area contributed by atoms with Crippen LogP contribution in [0.25, 0.3) is 0 Å². The highest BCUT2D eigenvalue weighted by Crippen LogP contribution is 2.15. The van der Waals surface area contributed by atoms with E-state index in [4.69, 9.17) is 10.6 Å². The third kappa shape index (κ3) is 3.62. The van der Waals surface area contributed by atoms with Crippen LogP contribution in [0.5, 0.6) is 5.75 Å². The van der Waals surface area contributed by atoms with Crippen LogP contribution in [0.15, 0.2) is 35.5 Å². The normalized spacial score (nSPS) is 10.3. The van der Waals surface area contributed by atoms with Crippen molar-refractivity contribution >= 4 is 17.7 Å². The highest BCUT2D eigenvalue weighted by atomic mass is 32.2. The number of carboxylic acid groups (broad SMARTS) is 1. The number of para-hydroxylation sites is 1. The van der Waals surface area contributed by atoms with E-state index in [0.29, 0.717) is 16.7 Å². The first-order valence-corrected chi connectivity index (χ1v) is 6.35. The molecular formula is C11H11N4O3S-. The van der Waals surface area contributed by atoms with E-state index in [2.05, 4.69) is 10.2 Å². The minimum Gasteiger partial charge on any atom is -0.549 e. The van der Waals surface area contributed by atoms with Gasteiger partial charge in [0.05, 0.1) is 5.97 Å². The van der Waals surface area contributed by atoms with E-state index in [9.17, 15) is 9.90 Å². The summed E-state index contributed by atoms with van der Waals surface area (Å²) in [6.45, 7) is 0.152. The van der Waals surface area contributed by atoms with Crippen molar-refractivity contribution in [2.24, 2.45) is 0 Å². The molecule has 8 heteroatoms. The van der Waals surface area contributed by atoms with Crippen LogP contribution < -0.4 is 15.7 Å². The Bertz CT molecular complexity index is 558. The molecule has 2 rings (SSSR count). The molecule has 0 atom stereocenters. The fourth-order valence-corrected chi connectivity index (χ4v) is 1.88. The molecule has 7 nitrogen and oxygen atoms in total. The quantitative estimate of drug-likeness (QED) is 0.556. The number of nitrogens with two attached hydrogens (primary N) is 1. The van der Waals surface area contributed by atoms with Crippen molar-refractivity contribution in [1.82, 2.24) is 14.9 Å². The van der Waals surface area contributed by atoms with Gasteiger partial charge in [0.1, 0.15) is 12.4 Å². The van der Waals surface area contributed by atoms with E-state index in [-0.39, 0.29) is 12.4 Å². The SMILES string of the molecule is Nn1c(COc2ccccc2)nnc1SCC(=O)[O-]. The van der Waals surface area contributed by atoms with Gasteiger partial charge in [0, 0.05) is 5.75 Å². The van der Waals surface area contributed by atoms with Crippen LogP contribution >= 0.6 is 11.8 Å². The lowest BCUT2D eigenvalue weighted by Crippen LogP contribution is -2.25. The zero-order chi connectivity index (χ0) is 13.7. The van der Waals surface area contributed by atoms with Crippen molar-refractivity contribution < 1.29 is 14.6 Å². The summed E-state index contributed by atoms with van der Waals surface area (Å²) in [4.78, 5) is 10.3. The maximum absolute atomic E-state index is 10.3. The van der Waals surface area contributed by atoms with Gasteiger partial charge in [-0.1, -0.05) is 30.0 Å². The molecular weight excluding hydrogens is 268 g/mol. The Labute approximate surface area is 113 Å². The van der Waals surface area contributed by atoms with Crippen LogP contribution in [-0.4, -0.2) is 26.6 Å². The Hall–Kier alpha value is -2.22. The Kier molecular flexibility index (Phi) is 4.24. The number of carbonyl (C=O) groups excluding carboxylic acids is 1. The molecule has 0 bridgehead atoms. The summed E-state index contributed by atoms with van der Waals surface area (Å²) >= 11 is 0.944. The summed E-state index contributed by atoms with van der Waals surface area (Å²) in [7, 11) is 0. The Morgan fingerprint density at radius 1 is 1.37 bits per heavy atom. The second-order valence-corrected chi connectivity index (χ2v) is 4.47. The van der Waals surface area contributed by atoms with E-state index in [1.807, 2.05) is 30.3 Å². The molecule has 100 valence electrons. The first-order valence-electron chi connectivity index (χ1n) is 5.36. The monoisotopic (exact) mass is 279 g/mol. The number of aromatic nitrogens is 3. The van der Waals surface area contributed by atoms with E-state index < -0.39 is 5.97 Å². The number of aliphatic carboxylic acids is 1. The maximum Gasteiger partial charge on any atom is 0.210 e. The molecule has 0 saturated heterocycles. The third-order valence-electron chi connectivity index (χ3n) is 2.17. The second-order valence-electron chi connectivity index (χ2n) is 3.53. The van der Waals surface area contributed by atoms with Crippen molar-refractivity contribution in [3.05, 3.63) is 36.2 Å². The highest BCUT2D eigenvalue weighted by Gasteiger charge is 2.10. The Balaban J connectivity index is 1.96. The lowest BCUT2D eigenvalue weighted by atomic mass is 10.3. The van der Waals surface area contributed by atoms with Gasteiger partial charge in [0.15, 0.2) is 5.82 Å². The molecule has 2 aromatic rings. The molecule has 0 aliphatic rings. The topological polar surface area (TPSA) is 106 Å². The van der Waals surface area contributed by atoms with E-state index in [0.717, 1.165) is 11.8 Å². The third-order valence-corrected chi connectivity index (χ3v) is 3.08. The fourth-order valence-electron chi connectivity index (χ4n) is 1.29. The van der Waals surface area contributed by atoms with Crippen molar-refractivity contribution in [3.63, 3.8) is 0 Å². The molecule has 19 heavy (non-hydrogen) atoms. The van der Waals surface area contributed by atoms with Gasteiger partial charge in [-0.15, -0.1) is 10.2 Å². The standard InChI is InChI=1S/C11H12N4O3S/c12-15-9(6-18-8-4-2-1-3-5-8)13-14-11(15)19-7-10(16)17/h1-5H,6-7,12H2,(H,16,17)/p-1. The largest absolute Gasteiger partial charge is 0.549 e. The van der Waals surface area contributed by atoms with Gasteiger partial charge in [-0.2, -0.15) is 0 Å². The number of hydrogen-bond donors (Lipinski definition) is 1. The molecule has 1 aromatic heterocycles. The first-order chi connectivity index (χ1) is 9.16. The molecule has 0 spiro atoms. The lowest BCUT2D eigenvalue weighted by Gasteiger charge is -2.06. The Morgan fingerprint density at radius 3 is 2.79 bits per heavy atom. The minimum absolute atomic E-state index is 0.152. The molecule has 0 saturated carbocycles. The van der Waals surface area contributed by atoms with Gasteiger partial charge in [-0.05, 0) is 12.1 Å². The molecule has 2 N–H and O–H groups in total. The van der Waals surface area contributed by atoms with Crippen molar-refractivity contribution in [1.29, 1.82) is 0 Å². The molecule has 0 unspecified atom stereocenters. The van der Waals surface area contributed by atoms with E-state index in [1.165, 1.54) is 4.68 Å². The van der Waals surface area contributed by atoms with Crippen LogP contribution in [0.2, 0.25) is 0 Å². The number of ether oxygens (including phenoxy) is 1. The van der Waals surface area contributed by atoms with Crippen LogP contribution in [0.3, 0.4) is 0 Å². The minimum atomic E-state index is -1.19. The van der Waals surface area contributed by atoms with Crippen LogP contribution in [0, 0.1) is 0 Å². The summed E-state index contributed by atoms with van der Waals surface area (Å²) in [6.07, 6.45) is 0. The number of carboxylic acids is 1. The maximum atomic E-state index is 10.3. The van der Waals surface area contributed by atoms with E-state index in [1.54, 1.807) is 0 Å². The van der Waals surface area contributed by atoms with Gasteiger partial charge in [0.25, 0.3) is 0 Å². The van der Waals surface area contributed by atoms with E-state index >= 15 is 0 Å². The average molecular weight is 279 g/mol. The molecule has 1 heterocycles. The Morgan fingerprint density at radius 2 is 2.11 bits per heavy atom. The first kappa shape index (κ1) is 13.2. The molecule has 0 radical (unpaired) electrons. The number of benzene rings is 1. The summed E-state index contributed by atoms with van der Waals surface area (Å²) in [5, 5.41) is 18.3. The van der Waals surface area contributed by atoms with Gasteiger partial charge in [-0.3, -0.25) is 0 Å². The van der Waals surface area contributed by atoms with Gasteiger partial charge in [-0.25, -0.2) is 4.68 Å². The summed E-state index contributed by atoms with van der Waals surface area (Å²) < 4.78 is 6.68. The number of rotatable bonds is 6. The molecule has 0 aliphatic carbocycles. The highest BCUT2D eigenvalue weighted by molar-refractivity contribution is 7.99. The molecule has 0 amide bonds. The number of hydrogen-bond acceptors (Lipinski definition) is 7. The van der Waals surface area contributed by atoms with Gasteiger partial charge >= 0.3 is 0 Å². The number of thioether (sulfide) groups is 1. The van der Waals surface area contributed by atoms with Crippen molar-refractivity contribution in [2.75, 3.05) is 11.6 Å². The molecule has 0 aliphatic heterocycles. The molecule has 0 fully saturated rings. The fraction of sp³-hybridized carbons (Fsp3) is 0.182. The summed E-state index contributed by atoms with van der Waals surface area (Å²) in [5.74, 6) is 5.42.